The number of anilines is 1. The van der Waals surface area contributed by atoms with Crippen molar-refractivity contribution < 1.29 is 13.3 Å². The quantitative estimate of drug-likeness (QED) is 0.654. The van der Waals surface area contributed by atoms with Gasteiger partial charge in [0.1, 0.15) is 0 Å². The van der Waals surface area contributed by atoms with Crippen LogP contribution >= 0.6 is 11.6 Å². The van der Waals surface area contributed by atoms with Crippen LogP contribution in [-0.2, 0) is 9.84 Å². The van der Waals surface area contributed by atoms with Gasteiger partial charge in [-0.1, -0.05) is 11.6 Å². The van der Waals surface area contributed by atoms with Crippen molar-refractivity contribution in [3.8, 4) is 0 Å². The largest absolute Gasteiger partial charge is 0.379 e. The summed E-state index contributed by atoms with van der Waals surface area (Å²) >= 11 is 5.67. The van der Waals surface area contributed by atoms with Crippen LogP contribution in [0.5, 0.6) is 0 Å². The number of nitro groups is 1. The van der Waals surface area contributed by atoms with Crippen LogP contribution in [0.4, 0.5) is 5.95 Å². The zero-order valence-electron chi connectivity index (χ0n) is 10.9. The molecule has 0 aliphatic carbocycles. The molecule has 1 N–H and O–H groups in total. The van der Waals surface area contributed by atoms with E-state index in [4.69, 9.17) is 11.6 Å². The first-order chi connectivity index (χ1) is 10.4. The lowest BCUT2D eigenvalue weighted by molar-refractivity contribution is -0.411. The van der Waals surface area contributed by atoms with Gasteiger partial charge in [0.25, 0.3) is 9.84 Å². The Labute approximate surface area is 130 Å². The highest BCUT2D eigenvalue weighted by molar-refractivity contribution is 7.95. The van der Waals surface area contributed by atoms with Crippen LogP contribution in [0.3, 0.4) is 0 Å². The zero-order chi connectivity index (χ0) is 16.2. The minimum absolute atomic E-state index is 0.0353. The third kappa shape index (κ3) is 3.57. The van der Waals surface area contributed by atoms with Gasteiger partial charge in [0.15, 0.2) is 0 Å². The summed E-state index contributed by atoms with van der Waals surface area (Å²) in [5.74, 6) is 0.0353. The van der Waals surface area contributed by atoms with Gasteiger partial charge in [0, 0.05) is 17.4 Å². The lowest BCUT2D eigenvalue weighted by atomic mass is 10.4. The zero-order valence-corrected chi connectivity index (χ0v) is 12.5. The van der Waals surface area contributed by atoms with Crippen LogP contribution in [0.2, 0.25) is 5.02 Å². The molecule has 22 heavy (non-hydrogen) atoms. The van der Waals surface area contributed by atoms with Gasteiger partial charge in [-0.05, 0) is 30.3 Å². The van der Waals surface area contributed by atoms with E-state index in [9.17, 15) is 18.5 Å². The predicted molar refractivity (Wildman–Crippen MR) is 79.4 cm³/mol. The molecule has 0 spiro atoms. The Morgan fingerprint density at radius 3 is 2.36 bits per heavy atom. The van der Waals surface area contributed by atoms with Crippen molar-refractivity contribution in [1.29, 1.82) is 0 Å². The van der Waals surface area contributed by atoms with Crippen LogP contribution in [-0.4, -0.2) is 23.3 Å². The summed E-state index contributed by atoms with van der Waals surface area (Å²) in [7, 11) is -4.30. The van der Waals surface area contributed by atoms with E-state index in [-0.39, 0.29) is 10.8 Å². The Bertz CT molecular complexity index is 807. The first kappa shape index (κ1) is 15.9. The van der Waals surface area contributed by atoms with Crippen molar-refractivity contribution >= 4 is 27.4 Å². The molecule has 0 atom stereocenters. The normalized spacial score (nSPS) is 12.0. The number of hydrogen-bond donors (Lipinski definition) is 1. The minimum atomic E-state index is -4.30. The molecule has 0 saturated carbocycles. The topological polar surface area (TPSA) is 115 Å². The minimum Gasteiger partial charge on any atom is -0.324 e. The van der Waals surface area contributed by atoms with Gasteiger partial charge < -0.3 is 5.32 Å². The number of benzene rings is 1. The van der Waals surface area contributed by atoms with Gasteiger partial charge in [0.2, 0.25) is 5.95 Å². The summed E-state index contributed by atoms with van der Waals surface area (Å²) in [6.07, 6.45) is 3.55. The van der Waals surface area contributed by atoms with Crippen LogP contribution in [0, 0.1) is 10.1 Å². The van der Waals surface area contributed by atoms with Crippen molar-refractivity contribution in [1.82, 2.24) is 9.97 Å². The summed E-state index contributed by atoms with van der Waals surface area (Å²) in [6.45, 7) is 0. The molecule has 0 bridgehead atoms. The number of hydrogen-bond acceptors (Lipinski definition) is 7. The fraction of sp³-hybridized carbons (Fsp3) is 0. The third-order valence-electron chi connectivity index (χ3n) is 2.47. The number of rotatable bonds is 5. The predicted octanol–water partition coefficient (Wildman–Crippen LogP) is 2.09. The maximum absolute atomic E-state index is 12.3. The molecule has 114 valence electrons. The highest BCUT2D eigenvalue weighted by Gasteiger charge is 2.31. The van der Waals surface area contributed by atoms with Gasteiger partial charge in [-0.15, -0.1) is 0 Å². The Hall–Kier alpha value is -2.52. The first-order valence-corrected chi connectivity index (χ1v) is 7.66. The fourth-order valence-electron chi connectivity index (χ4n) is 1.46. The van der Waals surface area contributed by atoms with Gasteiger partial charge in [-0.25, -0.2) is 18.4 Å². The van der Waals surface area contributed by atoms with Gasteiger partial charge in [-0.2, -0.15) is 0 Å². The molecule has 0 aliphatic rings. The van der Waals surface area contributed by atoms with E-state index in [0.717, 1.165) is 6.20 Å². The van der Waals surface area contributed by atoms with Gasteiger partial charge in [-0.3, -0.25) is 10.1 Å². The molecule has 1 heterocycles. The maximum Gasteiger partial charge on any atom is 0.379 e. The molecule has 1 aromatic heterocycles. The maximum atomic E-state index is 12.3. The molecular formula is C12H9ClN4O4S. The van der Waals surface area contributed by atoms with Gasteiger partial charge >= 0.3 is 5.03 Å². The first-order valence-electron chi connectivity index (χ1n) is 5.80. The number of nitrogens with zero attached hydrogens (tertiary/aromatic N) is 3. The highest BCUT2D eigenvalue weighted by Crippen LogP contribution is 2.21. The summed E-state index contributed by atoms with van der Waals surface area (Å²) in [5.41, 5.74) is 0. The highest BCUT2D eigenvalue weighted by atomic mass is 35.5. The SMILES string of the molecule is O=[N+]([O-])C(=CNc1ncccn1)S(=O)(=O)c1ccc(Cl)cc1. The van der Waals surface area contributed by atoms with E-state index in [2.05, 4.69) is 15.3 Å². The second-order valence-corrected chi connectivity index (χ2v) is 6.25. The number of aromatic nitrogens is 2. The second kappa shape index (κ2) is 6.50. The Balaban J connectivity index is 2.38. The lowest BCUT2D eigenvalue weighted by Gasteiger charge is -2.03. The molecule has 2 rings (SSSR count). The van der Waals surface area contributed by atoms with Crippen molar-refractivity contribution in [3.63, 3.8) is 0 Å². The molecule has 0 aliphatic heterocycles. The van der Waals surface area contributed by atoms with Crippen molar-refractivity contribution in [3.05, 3.63) is 69.1 Å². The number of sulfone groups is 1. The Kier molecular flexibility index (Phi) is 4.68. The molecule has 0 radical (unpaired) electrons. The summed E-state index contributed by atoms with van der Waals surface area (Å²) in [4.78, 5) is 17.4. The van der Waals surface area contributed by atoms with Gasteiger partial charge in [0.05, 0.1) is 16.0 Å². The number of nitrogens with one attached hydrogen (secondary N) is 1. The average molecular weight is 341 g/mol. The molecule has 0 unspecified atom stereocenters. The Morgan fingerprint density at radius 2 is 1.82 bits per heavy atom. The molecular weight excluding hydrogens is 332 g/mol. The summed E-state index contributed by atoms with van der Waals surface area (Å²) in [5, 5.41) is 12.7. The van der Waals surface area contributed by atoms with Crippen molar-refractivity contribution in [2.24, 2.45) is 0 Å². The summed E-state index contributed by atoms with van der Waals surface area (Å²) in [6, 6.07) is 6.59. The molecule has 2 aromatic rings. The van der Waals surface area contributed by atoms with Crippen LogP contribution in [0.25, 0.3) is 0 Å². The molecule has 0 saturated heterocycles. The van der Waals surface area contributed by atoms with E-state index in [1.165, 1.54) is 36.7 Å². The van der Waals surface area contributed by atoms with Crippen molar-refractivity contribution in [2.75, 3.05) is 5.32 Å². The van der Waals surface area contributed by atoms with Crippen LogP contribution in [0.15, 0.2) is 58.9 Å². The summed E-state index contributed by atoms with van der Waals surface area (Å²) < 4.78 is 24.5. The monoisotopic (exact) mass is 340 g/mol. The molecule has 1 aromatic carbocycles. The van der Waals surface area contributed by atoms with E-state index < -0.39 is 19.8 Å². The molecule has 8 nitrogen and oxygen atoms in total. The molecule has 10 heteroatoms. The van der Waals surface area contributed by atoms with E-state index in [0.29, 0.717) is 5.02 Å². The van der Waals surface area contributed by atoms with Crippen molar-refractivity contribution in [2.45, 2.75) is 4.90 Å². The Morgan fingerprint density at radius 1 is 1.23 bits per heavy atom. The lowest BCUT2D eigenvalue weighted by Crippen LogP contribution is -2.14. The van der Waals surface area contributed by atoms with E-state index >= 15 is 0 Å². The second-order valence-electron chi connectivity index (χ2n) is 3.91. The van der Waals surface area contributed by atoms with E-state index in [1.807, 2.05) is 0 Å². The third-order valence-corrected chi connectivity index (χ3v) is 4.43. The van der Waals surface area contributed by atoms with Crippen LogP contribution in [0.1, 0.15) is 0 Å². The average Bonchev–Trinajstić information content (AvgIpc) is 2.48. The van der Waals surface area contributed by atoms with E-state index in [1.54, 1.807) is 6.07 Å². The number of halogens is 1. The molecule has 0 amide bonds. The van der Waals surface area contributed by atoms with Crippen LogP contribution < -0.4 is 5.32 Å². The molecule has 0 fully saturated rings. The smallest absolute Gasteiger partial charge is 0.324 e. The fourth-order valence-corrected chi connectivity index (χ4v) is 2.74. The standard InChI is InChI=1S/C12H9ClN4O4S/c13-9-2-4-10(5-3-9)22(20,21)11(17(18)19)8-16-12-14-6-1-7-15-12/h1-8H,(H,14,15,16).